The summed E-state index contributed by atoms with van der Waals surface area (Å²) >= 11 is 6.87. The molecule has 12 heteroatoms. The lowest BCUT2D eigenvalue weighted by Gasteiger charge is -2.07. The minimum Gasteiger partial charge on any atom is -0.497 e. The second kappa shape index (κ2) is 8.89. The Balaban J connectivity index is 1.56. The van der Waals surface area contributed by atoms with Gasteiger partial charge in [0.1, 0.15) is 17.3 Å². The Labute approximate surface area is 190 Å². The number of hydrogen-bond acceptors (Lipinski definition) is 8. The third-order valence-electron chi connectivity index (χ3n) is 4.51. The molecule has 0 fully saturated rings. The normalized spacial score (nSPS) is 10.8. The third kappa shape index (κ3) is 4.25. The van der Waals surface area contributed by atoms with E-state index in [4.69, 9.17) is 21.1 Å². The van der Waals surface area contributed by atoms with Crippen LogP contribution in [0.4, 0.5) is 9.52 Å². The Morgan fingerprint density at radius 3 is 2.53 bits per heavy atom. The third-order valence-corrected chi connectivity index (χ3v) is 5.43. The molecule has 164 valence electrons. The number of hydrogen-bond donors (Lipinski definition) is 1. The lowest BCUT2D eigenvalue weighted by atomic mass is 10.2. The number of halogens is 2. The predicted molar refractivity (Wildman–Crippen MR) is 117 cm³/mol. The van der Waals surface area contributed by atoms with Gasteiger partial charge in [0.15, 0.2) is 11.5 Å². The van der Waals surface area contributed by atoms with Crippen molar-refractivity contribution in [2.75, 3.05) is 19.5 Å². The molecule has 0 aliphatic rings. The number of anilines is 1. The van der Waals surface area contributed by atoms with E-state index in [9.17, 15) is 9.18 Å². The summed E-state index contributed by atoms with van der Waals surface area (Å²) in [5.74, 6) is 0.349. The summed E-state index contributed by atoms with van der Waals surface area (Å²) in [6.07, 6.45) is 0. The smallest absolute Gasteiger partial charge is 0.257 e. The lowest BCUT2D eigenvalue weighted by Crippen LogP contribution is -2.12. The SMILES string of the molecule is COc1cc(OC)cc(C(=O)Nc2nc(-c3nnn(-c4ccc(F)c(Cl)c4)c3C)ns2)c1. The standard InChI is InChI=1S/C20H16ClFN6O3S/c1-10-17(25-27-28(10)12-4-5-16(22)15(21)8-12)18-23-20(32-26-18)24-19(29)11-6-13(30-2)9-14(7-11)31-3/h4-9H,1-3H3,(H,23,24,26,29). The summed E-state index contributed by atoms with van der Waals surface area (Å²) in [7, 11) is 3.01. The maximum Gasteiger partial charge on any atom is 0.257 e. The molecule has 1 N–H and O–H groups in total. The van der Waals surface area contributed by atoms with Crippen LogP contribution in [0.1, 0.15) is 16.1 Å². The fourth-order valence-electron chi connectivity index (χ4n) is 2.88. The zero-order valence-electron chi connectivity index (χ0n) is 17.1. The van der Waals surface area contributed by atoms with Crippen molar-refractivity contribution in [3.63, 3.8) is 0 Å². The highest BCUT2D eigenvalue weighted by atomic mass is 35.5. The van der Waals surface area contributed by atoms with Crippen molar-refractivity contribution in [1.82, 2.24) is 24.4 Å². The van der Waals surface area contributed by atoms with E-state index in [1.807, 2.05) is 0 Å². The molecule has 0 saturated heterocycles. The highest BCUT2D eigenvalue weighted by Gasteiger charge is 2.19. The van der Waals surface area contributed by atoms with Gasteiger partial charge in [-0.15, -0.1) is 5.10 Å². The van der Waals surface area contributed by atoms with Crippen LogP contribution in [0.3, 0.4) is 0 Å². The highest BCUT2D eigenvalue weighted by molar-refractivity contribution is 7.10. The minimum atomic E-state index is -0.524. The lowest BCUT2D eigenvalue weighted by molar-refractivity contribution is 0.102. The number of aromatic nitrogens is 5. The molecule has 2 heterocycles. The number of benzene rings is 2. The first kappa shape index (κ1) is 21.7. The Hall–Kier alpha value is -3.57. The van der Waals surface area contributed by atoms with Crippen molar-refractivity contribution in [2.45, 2.75) is 6.92 Å². The second-order valence-corrected chi connectivity index (χ2v) is 7.67. The van der Waals surface area contributed by atoms with Crippen molar-refractivity contribution >= 4 is 34.2 Å². The summed E-state index contributed by atoms with van der Waals surface area (Å²) in [6.45, 7) is 1.77. The van der Waals surface area contributed by atoms with E-state index in [2.05, 4.69) is 25.0 Å². The van der Waals surface area contributed by atoms with Crippen LogP contribution in [0.25, 0.3) is 17.2 Å². The van der Waals surface area contributed by atoms with Crippen LogP contribution in [0.2, 0.25) is 5.02 Å². The number of ether oxygens (including phenoxy) is 2. The Morgan fingerprint density at radius 2 is 1.88 bits per heavy atom. The first-order valence-electron chi connectivity index (χ1n) is 9.16. The molecule has 0 saturated carbocycles. The molecule has 9 nitrogen and oxygen atoms in total. The fourth-order valence-corrected chi connectivity index (χ4v) is 3.62. The zero-order chi connectivity index (χ0) is 22.8. The van der Waals surface area contributed by atoms with Crippen LogP contribution >= 0.6 is 23.1 Å². The molecular formula is C20H16ClFN6O3S. The molecule has 2 aromatic carbocycles. The van der Waals surface area contributed by atoms with E-state index in [-0.39, 0.29) is 10.2 Å². The molecule has 0 aliphatic heterocycles. The predicted octanol–water partition coefficient (Wildman–Crippen LogP) is 4.16. The van der Waals surface area contributed by atoms with Gasteiger partial charge in [0.25, 0.3) is 5.91 Å². The van der Waals surface area contributed by atoms with Gasteiger partial charge in [0.2, 0.25) is 5.13 Å². The summed E-state index contributed by atoms with van der Waals surface area (Å²) in [5.41, 5.74) is 1.93. The van der Waals surface area contributed by atoms with Crippen LogP contribution in [0, 0.1) is 12.7 Å². The molecule has 0 radical (unpaired) electrons. The Morgan fingerprint density at radius 1 is 1.16 bits per heavy atom. The largest absolute Gasteiger partial charge is 0.497 e. The summed E-state index contributed by atoms with van der Waals surface area (Å²) in [4.78, 5) is 17.0. The maximum absolute atomic E-state index is 13.5. The van der Waals surface area contributed by atoms with Gasteiger partial charge >= 0.3 is 0 Å². The van der Waals surface area contributed by atoms with Crippen LogP contribution in [0.5, 0.6) is 11.5 Å². The van der Waals surface area contributed by atoms with Crippen molar-refractivity contribution in [3.05, 3.63) is 58.5 Å². The number of carbonyl (C=O) groups excluding carboxylic acids is 1. The van der Waals surface area contributed by atoms with Gasteiger partial charge in [-0.25, -0.2) is 9.07 Å². The van der Waals surface area contributed by atoms with E-state index in [0.29, 0.717) is 40.0 Å². The van der Waals surface area contributed by atoms with Crippen LogP contribution in [0.15, 0.2) is 36.4 Å². The van der Waals surface area contributed by atoms with E-state index < -0.39 is 11.7 Å². The van der Waals surface area contributed by atoms with Crippen LogP contribution < -0.4 is 14.8 Å². The number of methoxy groups -OCH3 is 2. The van der Waals surface area contributed by atoms with Crippen LogP contribution in [-0.4, -0.2) is 44.5 Å². The number of amides is 1. The zero-order valence-corrected chi connectivity index (χ0v) is 18.7. The maximum atomic E-state index is 13.5. The van der Waals surface area contributed by atoms with Gasteiger partial charge in [-0.2, -0.15) is 9.36 Å². The summed E-state index contributed by atoms with van der Waals surface area (Å²) < 4.78 is 29.6. The first-order valence-corrected chi connectivity index (χ1v) is 10.3. The van der Waals surface area contributed by atoms with Gasteiger partial charge in [0.05, 0.1) is 30.6 Å². The quantitative estimate of drug-likeness (QED) is 0.447. The van der Waals surface area contributed by atoms with Crippen LogP contribution in [-0.2, 0) is 0 Å². The van der Waals surface area contributed by atoms with Crippen molar-refractivity contribution < 1.29 is 18.7 Å². The molecule has 0 atom stereocenters. The molecule has 0 bridgehead atoms. The van der Waals surface area contributed by atoms with Gasteiger partial charge < -0.3 is 9.47 Å². The molecule has 1 amide bonds. The topological polar surface area (TPSA) is 104 Å². The number of carbonyl (C=O) groups is 1. The second-order valence-electron chi connectivity index (χ2n) is 6.51. The summed E-state index contributed by atoms with van der Waals surface area (Å²) in [5, 5.41) is 11.2. The molecule has 0 unspecified atom stereocenters. The van der Waals surface area contributed by atoms with E-state index in [0.717, 1.165) is 11.5 Å². The molecule has 4 rings (SSSR count). The first-order chi connectivity index (χ1) is 15.4. The van der Waals surface area contributed by atoms with Gasteiger partial charge in [-0.05, 0) is 37.3 Å². The van der Waals surface area contributed by atoms with E-state index >= 15 is 0 Å². The van der Waals surface area contributed by atoms with Gasteiger partial charge in [-0.3, -0.25) is 10.1 Å². The minimum absolute atomic E-state index is 0.0232. The molecular weight excluding hydrogens is 459 g/mol. The van der Waals surface area contributed by atoms with Crippen molar-refractivity contribution in [1.29, 1.82) is 0 Å². The molecule has 32 heavy (non-hydrogen) atoms. The van der Waals surface area contributed by atoms with Crippen molar-refractivity contribution in [3.8, 4) is 28.7 Å². The molecule has 2 aromatic heterocycles. The number of nitrogens with one attached hydrogen (secondary N) is 1. The average molecular weight is 475 g/mol. The highest BCUT2D eigenvalue weighted by Crippen LogP contribution is 2.27. The Bertz CT molecular complexity index is 1290. The van der Waals surface area contributed by atoms with Crippen molar-refractivity contribution in [2.24, 2.45) is 0 Å². The van der Waals surface area contributed by atoms with E-state index in [1.54, 1.807) is 25.1 Å². The summed E-state index contributed by atoms with van der Waals surface area (Å²) in [6, 6.07) is 9.08. The van der Waals surface area contributed by atoms with Gasteiger partial charge in [-0.1, -0.05) is 16.8 Å². The Kier molecular flexibility index (Phi) is 6.01. The van der Waals surface area contributed by atoms with Gasteiger partial charge in [0, 0.05) is 23.2 Å². The average Bonchev–Trinajstić information content (AvgIpc) is 3.41. The molecule has 4 aromatic rings. The van der Waals surface area contributed by atoms with E-state index in [1.165, 1.54) is 37.1 Å². The molecule has 0 spiro atoms. The number of rotatable bonds is 6. The fraction of sp³-hybridized carbons (Fsp3) is 0.150. The monoisotopic (exact) mass is 474 g/mol. The molecule has 0 aliphatic carbocycles. The number of nitrogens with zero attached hydrogens (tertiary/aromatic N) is 5.